The Bertz CT molecular complexity index is 1970. The molecule has 0 aromatic heterocycles. The fourth-order valence-corrected chi connectivity index (χ4v) is 5.72. The first kappa shape index (κ1) is 18.8. The standard InChI is InChI=1S/C34H20O/c1-2-7-24-19-31-25(18-23(24)6-1)16-14-21-15-17-26(20-30(21)31)27-10-5-12-29-28-11-3-8-22-9-4-13-32(33(22)28)35-34(27)29/h1-20H. The molecule has 0 unspecified atom stereocenters. The zero-order valence-corrected chi connectivity index (χ0v) is 19.0. The lowest BCUT2D eigenvalue weighted by Crippen LogP contribution is -1.98. The first-order valence-electron chi connectivity index (χ1n) is 12.0. The molecule has 162 valence electrons. The van der Waals surface area contributed by atoms with Crippen molar-refractivity contribution in [2.45, 2.75) is 0 Å². The minimum absolute atomic E-state index is 0.927. The number of para-hydroxylation sites is 1. The van der Waals surface area contributed by atoms with Gasteiger partial charge in [-0.25, -0.2) is 0 Å². The summed E-state index contributed by atoms with van der Waals surface area (Å²) in [6.45, 7) is 0. The number of hydrogen-bond donors (Lipinski definition) is 0. The van der Waals surface area contributed by atoms with Gasteiger partial charge in [-0.3, -0.25) is 0 Å². The summed E-state index contributed by atoms with van der Waals surface area (Å²) in [6.07, 6.45) is 0. The Balaban J connectivity index is 1.39. The van der Waals surface area contributed by atoms with Crippen LogP contribution in [0.2, 0.25) is 0 Å². The van der Waals surface area contributed by atoms with E-state index in [4.69, 9.17) is 4.74 Å². The third-order valence-electron chi connectivity index (χ3n) is 7.40. The molecular weight excluding hydrogens is 424 g/mol. The fraction of sp³-hybridized carbons (Fsp3) is 0. The van der Waals surface area contributed by atoms with Crippen LogP contribution in [0.25, 0.3) is 65.3 Å². The summed E-state index contributed by atoms with van der Waals surface area (Å²) in [5.41, 5.74) is 4.67. The molecule has 0 fully saturated rings. The molecule has 0 bridgehead atoms. The SMILES string of the molecule is c1cc(-c2ccc3ccc4cc5ccccc5cc4c3c2)c2c(c1)-c1cccc3cccc(c13)O2. The molecular formula is C34H20O. The predicted molar refractivity (Wildman–Crippen MR) is 147 cm³/mol. The van der Waals surface area contributed by atoms with Gasteiger partial charge in [-0.15, -0.1) is 0 Å². The average Bonchev–Trinajstić information content (AvgIpc) is 2.92. The van der Waals surface area contributed by atoms with Crippen LogP contribution in [-0.4, -0.2) is 0 Å². The number of rotatable bonds is 1. The van der Waals surface area contributed by atoms with E-state index < -0.39 is 0 Å². The van der Waals surface area contributed by atoms with E-state index in [1.807, 2.05) is 0 Å². The average molecular weight is 445 g/mol. The maximum absolute atomic E-state index is 6.59. The lowest BCUT2D eigenvalue weighted by Gasteiger charge is -2.23. The van der Waals surface area contributed by atoms with Crippen LogP contribution < -0.4 is 4.74 Å². The Hall–Kier alpha value is -4.62. The molecule has 7 aromatic carbocycles. The van der Waals surface area contributed by atoms with Crippen molar-refractivity contribution >= 4 is 43.1 Å². The van der Waals surface area contributed by atoms with Crippen LogP contribution in [0, 0.1) is 0 Å². The second-order valence-corrected chi connectivity index (χ2v) is 9.37. The van der Waals surface area contributed by atoms with E-state index in [9.17, 15) is 0 Å². The van der Waals surface area contributed by atoms with E-state index in [1.165, 1.54) is 54.2 Å². The summed E-state index contributed by atoms with van der Waals surface area (Å²) in [6, 6.07) is 43.7. The molecule has 1 heteroatoms. The molecule has 0 N–H and O–H groups in total. The van der Waals surface area contributed by atoms with Gasteiger partial charge in [-0.2, -0.15) is 0 Å². The maximum Gasteiger partial charge on any atom is 0.143 e. The fourth-order valence-electron chi connectivity index (χ4n) is 5.72. The van der Waals surface area contributed by atoms with Crippen molar-refractivity contribution in [3.8, 4) is 33.8 Å². The first-order chi connectivity index (χ1) is 17.3. The van der Waals surface area contributed by atoms with Crippen LogP contribution in [0.5, 0.6) is 11.5 Å². The first-order valence-corrected chi connectivity index (χ1v) is 12.0. The summed E-state index contributed by atoms with van der Waals surface area (Å²) < 4.78 is 6.59. The Morgan fingerprint density at radius 2 is 1.06 bits per heavy atom. The maximum atomic E-state index is 6.59. The summed E-state index contributed by atoms with van der Waals surface area (Å²) in [5.74, 6) is 1.86. The Kier molecular flexibility index (Phi) is 3.72. The molecule has 1 nitrogen and oxygen atoms in total. The zero-order chi connectivity index (χ0) is 22.9. The topological polar surface area (TPSA) is 9.23 Å². The molecule has 8 rings (SSSR count). The van der Waals surface area contributed by atoms with Crippen molar-refractivity contribution in [2.75, 3.05) is 0 Å². The van der Waals surface area contributed by atoms with Gasteiger partial charge < -0.3 is 4.74 Å². The highest BCUT2D eigenvalue weighted by Crippen LogP contribution is 2.50. The van der Waals surface area contributed by atoms with Gasteiger partial charge >= 0.3 is 0 Å². The number of hydrogen-bond acceptors (Lipinski definition) is 1. The van der Waals surface area contributed by atoms with Crippen LogP contribution >= 0.6 is 0 Å². The Labute approximate surface area is 202 Å². The molecule has 0 saturated heterocycles. The second kappa shape index (κ2) is 6.94. The van der Waals surface area contributed by atoms with Gasteiger partial charge in [-0.1, -0.05) is 97.1 Å². The molecule has 0 aliphatic carbocycles. The van der Waals surface area contributed by atoms with E-state index in [1.54, 1.807) is 0 Å². The minimum atomic E-state index is 0.927. The van der Waals surface area contributed by atoms with Crippen molar-refractivity contribution < 1.29 is 4.74 Å². The Morgan fingerprint density at radius 3 is 1.97 bits per heavy atom. The van der Waals surface area contributed by atoms with Gasteiger partial charge in [-0.05, 0) is 73.1 Å². The molecule has 0 saturated carbocycles. The van der Waals surface area contributed by atoms with E-state index in [2.05, 4.69) is 121 Å². The van der Waals surface area contributed by atoms with Crippen molar-refractivity contribution in [3.05, 3.63) is 121 Å². The summed E-state index contributed by atoms with van der Waals surface area (Å²) in [4.78, 5) is 0. The normalized spacial score (nSPS) is 12.2. The lowest BCUT2D eigenvalue weighted by atomic mass is 9.90. The molecule has 1 aliphatic heterocycles. The summed E-state index contributed by atoms with van der Waals surface area (Å²) in [7, 11) is 0. The second-order valence-electron chi connectivity index (χ2n) is 9.37. The largest absolute Gasteiger partial charge is 0.455 e. The van der Waals surface area contributed by atoms with Gasteiger partial charge in [0.05, 0.1) is 0 Å². The van der Waals surface area contributed by atoms with Gasteiger partial charge in [0.15, 0.2) is 0 Å². The van der Waals surface area contributed by atoms with Gasteiger partial charge in [0.1, 0.15) is 11.5 Å². The monoisotopic (exact) mass is 444 g/mol. The zero-order valence-electron chi connectivity index (χ0n) is 19.0. The number of ether oxygens (including phenoxy) is 1. The molecule has 7 aromatic rings. The molecule has 0 spiro atoms. The highest BCUT2D eigenvalue weighted by molar-refractivity contribution is 6.13. The van der Waals surface area contributed by atoms with E-state index in [0.29, 0.717) is 0 Å². The van der Waals surface area contributed by atoms with Crippen LogP contribution in [0.3, 0.4) is 0 Å². The highest BCUT2D eigenvalue weighted by atomic mass is 16.5. The van der Waals surface area contributed by atoms with Crippen molar-refractivity contribution in [2.24, 2.45) is 0 Å². The smallest absolute Gasteiger partial charge is 0.143 e. The van der Waals surface area contributed by atoms with Crippen molar-refractivity contribution in [1.29, 1.82) is 0 Å². The van der Waals surface area contributed by atoms with Gasteiger partial charge in [0.2, 0.25) is 0 Å². The van der Waals surface area contributed by atoms with E-state index in [0.717, 1.165) is 22.6 Å². The summed E-state index contributed by atoms with van der Waals surface area (Å²) >= 11 is 0. The number of benzene rings is 7. The minimum Gasteiger partial charge on any atom is -0.455 e. The third kappa shape index (κ3) is 2.70. The van der Waals surface area contributed by atoms with E-state index in [-0.39, 0.29) is 0 Å². The molecule has 0 amide bonds. The number of fused-ring (bicyclic) bond motifs is 6. The molecule has 0 radical (unpaired) electrons. The van der Waals surface area contributed by atoms with Crippen LogP contribution in [-0.2, 0) is 0 Å². The highest BCUT2D eigenvalue weighted by Gasteiger charge is 2.22. The van der Waals surface area contributed by atoms with Gasteiger partial charge in [0.25, 0.3) is 0 Å². The van der Waals surface area contributed by atoms with E-state index >= 15 is 0 Å². The summed E-state index contributed by atoms with van der Waals surface area (Å²) in [5, 5.41) is 10.00. The van der Waals surface area contributed by atoms with Crippen LogP contribution in [0.4, 0.5) is 0 Å². The molecule has 1 aliphatic rings. The third-order valence-corrected chi connectivity index (χ3v) is 7.40. The van der Waals surface area contributed by atoms with Crippen LogP contribution in [0.15, 0.2) is 121 Å². The van der Waals surface area contributed by atoms with Crippen LogP contribution in [0.1, 0.15) is 0 Å². The van der Waals surface area contributed by atoms with Crippen molar-refractivity contribution in [3.63, 3.8) is 0 Å². The van der Waals surface area contributed by atoms with Crippen molar-refractivity contribution in [1.82, 2.24) is 0 Å². The van der Waals surface area contributed by atoms with Gasteiger partial charge in [0, 0.05) is 16.5 Å². The lowest BCUT2D eigenvalue weighted by molar-refractivity contribution is 0.489. The Morgan fingerprint density at radius 1 is 0.400 bits per heavy atom. The molecule has 35 heavy (non-hydrogen) atoms. The quantitative estimate of drug-likeness (QED) is 0.181. The predicted octanol–water partition coefficient (Wildman–Crippen LogP) is 9.74. The molecule has 0 atom stereocenters. The molecule has 1 heterocycles.